The molecule has 1 aliphatic carbocycles. The fraction of sp³-hybridized carbons (Fsp3) is 0.769. The lowest BCUT2D eigenvalue weighted by Gasteiger charge is -2.14. The van der Waals surface area contributed by atoms with Gasteiger partial charge >= 0.3 is 0 Å². The van der Waals surface area contributed by atoms with Crippen molar-refractivity contribution in [1.82, 2.24) is 10.3 Å². The van der Waals surface area contributed by atoms with Gasteiger partial charge in [0.05, 0.1) is 11.2 Å². The molecule has 1 aliphatic rings. The SMILES string of the molecule is Cc1ncsc1CNCC1CCCCCC1. The molecule has 0 aliphatic heterocycles. The first-order valence-corrected chi connectivity index (χ1v) is 7.34. The molecule has 0 bridgehead atoms. The predicted octanol–water partition coefficient (Wildman–Crippen LogP) is 3.51. The smallest absolute Gasteiger partial charge is 0.0798 e. The number of nitrogens with zero attached hydrogens (tertiary/aromatic N) is 1. The summed E-state index contributed by atoms with van der Waals surface area (Å²) in [6.07, 6.45) is 8.62. The maximum Gasteiger partial charge on any atom is 0.0798 e. The molecule has 1 aromatic heterocycles. The number of thiazole rings is 1. The van der Waals surface area contributed by atoms with Crippen LogP contribution in [0.4, 0.5) is 0 Å². The van der Waals surface area contributed by atoms with Crippen LogP contribution in [-0.2, 0) is 6.54 Å². The molecular weight excluding hydrogens is 216 g/mol. The van der Waals surface area contributed by atoms with Crippen LogP contribution in [0.3, 0.4) is 0 Å². The Bertz CT molecular complexity index is 301. The fourth-order valence-electron chi connectivity index (χ4n) is 2.45. The third-order valence-corrected chi connectivity index (χ3v) is 4.47. The van der Waals surface area contributed by atoms with E-state index in [1.807, 2.05) is 5.51 Å². The number of aromatic nitrogens is 1. The van der Waals surface area contributed by atoms with Gasteiger partial charge in [-0.05, 0) is 32.2 Å². The van der Waals surface area contributed by atoms with Crippen molar-refractivity contribution >= 4 is 11.3 Å². The van der Waals surface area contributed by atoms with E-state index < -0.39 is 0 Å². The van der Waals surface area contributed by atoms with E-state index in [4.69, 9.17) is 0 Å². The zero-order valence-electron chi connectivity index (χ0n) is 10.2. The predicted molar refractivity (Wildman–Crippen MR) is 69.7 cm³/mol. The molecule has 1 N–H and O–H groups in total. The zero-order chi connectivity index (χ0) is 11.2. The van der Waals surface area contributed by atoms with E-state index in [1.165, 1.54) is 55.6 Å². The topological polar surface area (TPSA) is 24.9 Å². The van der Waals surface area contributed by atoms with Crippen molar-refractivity contribution in [1.29, 1.82) is 0 Å². The van der Waals surface area contributed by atoms with Gasteiger partial charge in [-0.3, -0.25) is 0 Å². The Morgan fingerprint density at radius 3 is 2.69 bits per heavy atom. The minimum absolute atomic E-state index is 0.913. The Labute approximate surface area is 102 Å². The van der Waals surface area contributed by atoms with Gasteiger partial charge in [0.25, 0.3) is 0 Å². The molecule has 1 heterocycles. The summed E-state index contributed by atoms with van der Waals surface area (Å²) < 4.78 is 0. The van der Waals surface area contributed by atoms with Crippen molar-refractivity contribution in [2.75, 3.05) is 6.54 Å². The monoisotopic (exact) mass is 238 g/mol. The summed E-state index contributed by atoms with van der Waals surface area (Å²) in [4.78, 5) is 5.67. The maximum absolute atomic E-state index is 4.28. The number of nitrogens with one attached hydrogen (secondary N) is 1. The molecule has 0 saturated heterocycles. The summed E-state index contributed by atoms with van der Waals surface area (Å²) in [6, 6.07) is 0. The van der Waals surface area contributed by atoms with Gasteiger partial charge in [-0.1, -0.05) is 25.7 Å². The molecule has 2 rings (SSSR count). The van der Waals surface area contributed by atoms with E-state index in [9.17, 15) is 0 Å². The third-order valence-electron chi connectivity index (χ3n) is 3.54. The van der Waals surface area contributed by atoms with Crippen LogP contribution in [0.1, 0.15) is 49.1 Å². The highest BCUT2D eigenvalue weighted by Gasteiger charge is 2.11. The van der Waals surface area contributed by atoms with Crippen molar-refractivity contribution in [2.24, 2.45) is 5.92 Å². The lowest BCUT2D eigenvalue weighted by atomic mass is 10.0. The van der Waals surface area contributed by atoms with Crippen LogP contribution in [0.25, 0.3) is 0 Å². The van der Waals surface area contributed by atoms with Crippen molar-refractivity contribution in [2.45, 2.75) is 52.0 Å². The Kier molecular flexibility index (Phi) is 4.79. The zero-order valence-corrected chi connectivity index (χ0v) is 11.0. The average Bonchev–Trinajstić information content (AvgIpc) is 2.55. The van der Waals surface area contributed by atoms with Crippen LogP contribution in [0.15, 0.2) is 5.51 Å². The second-order valence-electron chi connectivity index (χ2n) is 4.85. The first-order chi connectivity index (χ1) is 7.86. The molecule has 1 aromatic rings. The van der Waals surface area contributed by atoms with Crippen molar-refractivity contribution in [3.05, 3.63) is 16.1 Å². The number of aryl methyl sites for hydroxylation is 1. The van der Waals surface area contributed by atoms with Crippen molar-refractivity contribution in [3.63, 3.8) is 0 Å². The standard InChI is InChI=1S/C13H22N2S/c1-11-13(16-10-15-11)9-14-8-12-6-4-2-3-5-7-12/h10,12,14H,2-9H2,1H3. The van der Waals surface area contributed by atoms with Gasteiger partial charge < -0.3 is 5.32 Å². The van der Waals surface area contributed by atoms with Crippen molar-refractivity contribution in [3.8, 4) is 0 Å². The minimum atomic E-state index is 0.913. The van der Waals surface area contributed by atoms with Gasteiger partial charge in [-0.15, -0.1) is 11.3 Å². The van der Waals surface area contributed by atoms with E-state index in [2.05, 4.69) is 17.2 Å². The molecule has 1 saturated carbocycles. The molecule has 1 fully saturated rings. The van der Waals surface area contributed by atoms with Gasteiger partial charge in [-0.2, -0.15) is 0 Å². The van der Waals surface area contributed by atoms with Gasteiger partial charge in [0.1, 0.15) is 0 Å². The maximum atomic E-state index is 4.28. The number of hydrogen-bond donors (Lipinski definition) is 1. The molecular formula is C13H22N2S. The van der Waals surface area contributed by atoms with Crippen LogP contribution in [0.5, 0.6) is 0 Å². The van der Waals surface area contributed by atoms with Gasteiger partial charge in [0.2, 0.25) is 0 Å². The fourth-order valence-corrected chi connectivity index (χ4v) is 3.20. The minimum Gasteiger partial charge on any atom is -0.312 e. The molecule has 0 unspecified atom stereocenters. The summed E-state index contributed by atoms with van der Waals surface area (Å²) in [5.74, 6) is 0.913. The number of rotatable bonds is 4. The van der Waals surface area contributed by atoms with Crippen LogP contribution < -0.4 is 5.32 Å². The van der Waals surface area contributed by atoms with Crippen LogP contribution in [0, 0.1) is 12.8 Å². The molecule has 0 spiro atoms. The number of hydrogen-bond acceptors (Lipinski definition) is 3. The van der Waals surface area contributed by atoms with E-state index in [-0.39, 0.29) is 0 Å². The second kappa shape index (κ2) is 6.36. The molecule has 3 heteroatoms. The van der Waals surface area contributed by atoms with Gasteiger partial charge in [-0.25, -0.2) is 4.98 Å². The van der Waals surface area contributed by atoms with E-state index in [1.54, 1.807) is 11.3 Å². The highest BCUT2D eigenvalue weighted by molar-refractivity contribution is 7.09. The first-order valence-electron chi connectivity index (χ1n) is 6.46. The Morgan fingerprint density at radius 1 is 1.31 bits per heavy atom. The summed E-state index contributed by atoms with van der Waals surface area (Å²) in [7, 11) is 0. The molecule has 0 radical (unpaired) electrons. The lowest BCUT2D eigenvalue weighted by molar-refractivity contribution is 0.425. The summed E-state index contributed by atoms with van der Waals surface area (Å²) in [6.45, 7) is 4.30. The first kappa shape index (κ1) is 12.1. The van der Waals surface area contributed by atoms with Crippen LogP contribution >= 0.6 is 11.3 Å². The summed E-state index contributed by atoms with van der Waals surface area (Å²) in [5.41, 5.74) is 3.14. The van der Waals surface area contributed by atoms with Crippen LogP contribution in [-0.4, -0.2) is 11.5 Å². The highest BCUT2D eigenvalue weighted by atomic mass is 32.1. The molecule has 16 heavy (non-hydrogen) atoms. The largest absolute Gasteiger partial charge is 0.312 e. The molecule has 90 valence electrons. The van der Waals surface area contributed by atoms with Crippen LogP contribution in [0.2, 0.25) is 0 Å². The second-order valence-corrected chi connectivity index (χ2v) is 5.79. The van der Waals surface area contributed by atoms with Crippen molar-refractivity contribution < 1.29 is 0 Å². The third kappa shape index (κ3) is 3.56. The Morgan fingerprint density at radius 2 is 2.06 bits per heavy atom. The lowest BCUT2D eigenvalue weighted by Crippen LogP contribution is -2.22. The molecule has 2 nitrogen and oxygen atoms in total. The Balaban J connectivity index is 1.69. The molecule has 0 aromatic carbocycles. The van der Waals surface area contributed by atoms with E-state index in [0.717, 1.165) is 12.5 Å². The molecule has 0 atom stereocenters. The summed E-state index contributed by atoms with van der Waals surface area (Å²) >= 11 is 1.77. The van der Waals surface area contributed by atoms with E-state index >= 15 is 0 Å². The van der Waals surface area contributed by atoms with Gasteiger partial charge in [0, 0.05) is 11.4 Å². The quantitative estimate of drug-likeness (QED) is 0.812. The normalized spacial score (nSPS) is 18.6. The average molecular weight is 238 g/mol. The highest BCUT2D eigenvalue weighted by Crippen LogP contribution is 2.22. The van der Waals surface area contributed by atoms with E-state index in [0.29, 0.717) is 0 Å². The summed E-state index contributed by atoms with van der Waals surface area (Å²) in [5, 5.41) is 3.60. The van der Waals surface area contributed by atoms with Gasteiger partial charge in [0.15, 0.2) is 0 Å². The Hall–Kier alpha value is -0.410. The molecule has 0 amide bonds.